The molecule has 0 aliphatic carbocycles. The third-order valence-corrected chi connectivity index (χ3v) is 5.92. The average molecular weight is 565 g/mol. The van der Waals surface area contributed by atoms with Crippen LogP contribution in [-0.4, -0.2) is 66.8 Å². The molecule has 2 saturated heterocycles. The Morgan fingerprint density at radius 2 is 1.76 bits per heavy atom. The monoisotopic (exact) mass is 565 g/mol. The number of halogens is 1. The number of hydrogen-bond donors (Lipinski definition) is 1. The maximum Gasteiger partial charge on any atom is 0.289 e. The van der Waals surface area contributed by atoms with Crippen LogP contribution in [0.15, 0.2) is 52.1 Å². The van der Waals surface area contributed by atoms with Gasteiger partial charge < -0.3 is 24.4 Å². The second-order valence-electron chi connectivity index (χ2n) is 8.10. The molecule has 0 saturated carbocycles. The smallest absolute Gasteiger partial charge is 0.289 e. The Labute approximate surface area is 212 Å². The van der Waals surface area contributed by atoms with Gasteiger partial charge in [0.15, 0.2) is 11.7 Å². The highest BCUT2D eigenvalue weighted by Gasteiger charge is 2.25. The number of guanidine groups is 1. The highest BCUT2D eigenvalue weighted by Crippen LogP contribution is 2.21. The highest BCUT2D eigenvalue weighted by molar-refractivity contribution is 14.0. The third-order valence-electron chi connectivity index (χ3n) is 5.92. The van der Waals surface area contributed by atoms with Gasteiger partial charge in [0.05, 0.1) is 12.8 Å². The van der Waals surface area contributed by atoms with E-state index in [-0.39, 0.29) is 35.8 Å². The molecule has 0 radical (unpaired) electrons. The van der Waals surface area contributed by atoms with Gasteiger partial charge in [0.25, 0.3) is 5.91 Å². The van der Waals surface area contributed by atoms with E-state index in [1.165, 1.54) is 6.26 Å². The van der Waals surface area contributed by atoms with Gasteiger partial charge in [-0.15, -0.1) is 24.0 Å². The minimum atomic E-state index is -0.0659. The Hall–Kier alpha value is -2.56. The van der Waals surface area contributed by atoms with Gasteiger partial charge in [0.2, 0.25) is 5.91 Å². The summed E-state index contributed by atoms with van der Waals surface area (Å²) >= 11 is 0. The zero-order valence-corrected chi connectivity index (χ0v) is 21.4. The number of amides is 2. The molecule has 1 aromatic heterocycles. The van der Waals surface area contributed by atoms with Crippen LogP contribution in [0.5, 0.6) is 0 Å². The van der Waals surface area contributed by atoms with Gasteiger partial charge in [-0.05, 0) is 49.6 Å². The van der Waals surface area contributed by atoms with Crippen molar-refractivity contribution in [2.45, 2.75) is 32.7 Å². The predicted molar refractivity (Wildman–Crippen MR) is 139 cm³/mol. The molecule has 0 unspecified atom stereocenters. The summed E-state index contributed by atoms with van der Waals surface area (Å²) in [7, 11) is 0. The van der Waals surface area contributed by atoms with E-state index in [4.69, 9.17) is 9.41 Å². The van der Waals surface area contributed by atoms with Crippen molar-refractivity contribution in [1.29, 1.82) is 0 Å². The number of benzene rings is 1. The molecule has 8 nitrogen and oxygen atoms in total. The minimum Gasteiger partial charge on any atom is -0.459 e. The molecule has 2 aliphatic heterocycles. The lowest BCUT2D eigenvalue weighted by Gasteiger charge is -2.36. The standard InChI is InChI=1S/C24H31N5O3.HI/c1-2-25-24(28-15-13-27(14-16-28)23(31)21-6-5-17-32-21)26-18-19-8-10-20(11-9-19)29-12-4-3-7-22(29)30;/h5-6,8-11,17H,2-4,7,12-16,18H2,1H3,(H,25,26);1H. The molecule has 2 fully saturated rings. The maximum absolute atomic E-state index is 12.5. The molecule has 0 bridgehead atoms. The topological polar surface area (TPSA) is 81.4 Å². The molecule has 0 atom stereocenters. The molecular weight excluding hydrogens is 533 g/mol. The number of aliphatic imine (C=N–C) groups is 1. The first-order valence-corrected chi connectivity index (χ1v) is 11.4. The van der Waals surface area contributed by atoms with Gasteiger partial charge >= 0.3 is 0 Å². The van der Waals surface area contributed by atoms with E-state index in [2.05, 4.69) is 17.1 Å². The zero-order chi connectivity index (χ0) is 22.3. The van der Waals surface area contributed by atoms with Gasteiger partial charge in [0, 0.05) is 51.4 Å². The number of rotatable bonds is 5. The lowest BCUT2D eigenvalue weighted by Crippen LogP contribution is -2.53. The lowest BCUT2D eigenvalue weighted by atomic mass is 10.1. The number of carbonyl (C=O) groups is 2. The number of anilines is 1. The van der Waals surface area contributed by atoms with E-state index in [0.717, 1.165) is 43.1 Å². The fourth-order valence-corrected chi connectivity index (χ4v) is 4.13. The molecule has 2 aromatic rings. The quantitative estimate of drug-likeness (QED) is 0.342. The van der Waals surface area contributed by atoms with Crippen LogP contribution in [0.1, 0.15) is 42.3 Å². The Morgan fingerprint density at radius 3 is 2.39 bits per heavy atom. The van der Waals surface area contributed by atoms with Crippen molar-refractivity contribution in [1.82, 2.24) is 15.1 Å². The van der Waals surface area contributed by atoms with Crippen LogP contribution in [-0.2, 0) is 11.3 Å². The molecule has 33 heavy (non-hydrogen) atoms. The van der Waals surface area contributed by atoms with Gasteiger partial charge in [-0.25, -0.2) is 4.99 Å². The molecule has 178 valence electrons. The summed E-state index contributed by atoms with van der Waals surface area (Å²) in [5, 5.41) is 3.36. The number of nitrogens with one attached hydrogen (secondary N) is 1. The summed E-state index contributed by atoms with van der Waals surface area (Å²) in [6.07, 6.45) is 4.21. The summed E-state index contributed by atoms with van der Waals surface area (Å²) in [6.45, 7) is 6.88. The summed E-state index contributed by atoms with van der Waals surface area (Å²) < 4.78 is 5.24. The first kappa shape index (κ1) is 25.1. The van der Waals surface area contributed by atoms with Crippen molar-refractivity contribution in [3.05, 3.63) is 54.0 Å². The van der Waals surface area contributed by atoms with E-state index >= 15 is 0 Å². The summed E-state index contributed by atoms with van der Waals surface area (Å²) in [5.74, 6) is 1.38. The highest BCUT2D eigenvalue weighted by atomic mass is 127. The van der Waals surface area contributed by atoms with Crippen LogP contribution in [0.2, 0.25) is 0 Å². The van der Waals surface area contributed by atoms with E-state index < -0.39 is 0 Å². The minimum absolute atomic E-state index is 0. The molecule has 2 amide bonds. The number of carbonyl (C=O) groups excluding carboxylic acids is 2. The Bertz CT molecular complexity index is 938. The van der Waals surface area contributed by atoms with Gasteiger partial charge in [-0.1, -0.05) is 12.1 Å². The second-order valence-corrected chi connectivity index (χ2v) is 8.10. The van der Waals surface area contributed by atoms with E-state index in [9.17, 15) is 9.59 Å². The van der Waals surface area contributed by atoms with E-state index in [1.54, 1.807) is 12.1 Å². The normalized spacial score (nSPS) is 17.1. The first-order valence-electron chi connectivity index (χ1n) is 11.4. The summed E-state index contributed by atoms with van der Waals surface area (Å²) in [4.78, 5) is 35.3. The van der Waals surface area contributed by atoms with Crippen molar-refractivity contribution < 1.29 is 14.0 Å². The zero-order valence-electron chi connectivity index (χ0n) is 19.0. The van der Waals surface area contributed by atoms with Crippen LogP contribution < -0.4 is 10.2 Å². The Kier molecular flexibility index (Phi) is 9.16. The summed E-state index contributed by atoms with van der Waals surface area (Å²) in [6, 6.07) is 11.6. The lowest BCUT2D eigenvalue weighted by molar-refractivity contribution is -0.119. The number of nitrogens with zero attached hydrogens (tertiary/aromatic N) is 4. The predicted octanol–water partition coefficient (Wildman–Crippen LogP) is 3.34. The number of piperazine rings is 1. The van der Waals surface area contributed by atoms with Crippen LogP contribution in [0, 0.1) is 0 Å². The molecule has 3 heterocycles. The summed E-state index contributed by atoms with van der Waals surface area (Å²) in [5.41, 5.74) is 2.06. The fourth-order valence-electron chi connectivity index (χ4n) is 4.13. The van der Waals surface area contributed by atoms with Crippen molar-refractivity contribution in [3.8, 4) is 0 Å². The van der Waals surface area contributed by atoms with Crippen LogP contribution in [0.3, 0.4) is 0 Å². The molecular formula is C24H32IN5O3. The van der Waals surface area contributed by atoms with Crippen LogP contribution in [0.25, 0.3) is 0 Å². The van der Waals surface area contributed by atoms with Crippen LogP contribution >= 0.6 is 24.0 Å². The average Bonchev–Trinajstić information content (AvgIpc) is 3.37. The van der Waals surface area contributed by atoms with Crippen molar-refractivity contribution in [3.63, 3.8) is 0 Å². The fraction of sp³-hybridized carbons (Fsp3) is 0.458. The molecule has 2 aliphatic rings. The van der Waals surface area contributed by atoms with Crippen molar-refractivity contribution >= 4 is 47.4 Å². The molecule has 4 rings (SSSR count). The van der Waals surface area contributed by atoms with Gasteiger partial charge in [-0.3, -0.25) is 9.59 Å². The van der Waals surface area contributed by atoms with Crippen LogP contribution in [0.4, 0.5) is 5.69 Å². The third kappa shape index (κ3) is 6.27. The van der Waals surface area contributed by atoms with Gasteiger partial charge in [-0.2, -0.15) is 0 Å². The van der Waals surface area contributed by atoms with E-state index in [1.807, 2.05) is 34.1 Å². The molecule has 9 heteroatoms. The van der Waals surface area contributed by atoms with E-state index in [0.29, 0.717) is 44.9 Å². The largest absolute Gasteiger partial charge is 0.459 e. The SMILES string of the molecule is CCNC(=NCc1ccc(N2CCCCC2=O)cc1)N1CCN(C(=O)c2ccco2)CC1.I. The Balaban J connectivity index is 0.00000306. The number of hydrogen-bond acceptors (Lipinski definition) is 4. The second kappa shape index (κ2) is 12.1. The van der Waals surface area contributed by atoms with Crippen molar-refractivity contribution in [2.24, 2.45) is 4.99 Å². The van der Waals surface area contributed by atoms with Crippen molar-refractivity contribution in [2.75, 3.05) is 44.2 Å². The molecule has 1 aromatic carbocycles. The maximum atomic E-state index is 12.5. The number of furan rings is 1. The molecule has 1 N–H and O–H groups in total. The number of piperidine rings is 1. The van der Waals surface area contributed by atoms with Gasteiger partial charge in [0.1, 0.15) is 0 Å². The first-order chi connectivity index (χ1) is 15.7. The molecule has 0 spiro atoms. The Morgan fingerprint density at radius 1 is 1.03 bits per heavy atom.